The van der Waals surface area contributed by atoms with Crippen LogP contribution in [0.5, 0.6) is 0 Å². The summed E-state index contributed by atoms with van der Waals surface area (Å²) in [6.45, 7) is 0. The molecule has 0 spiro atoms. The Hall–Kier alpha value is -2.68. The molecule has 0 fully saturated rings. The summed E-state index contributed by atoms with van der Waals surface area (Å²) in [5, 5.41) is 1.21. The quantitative estimate of drug-likeness (QED) is 0.640. The maximum absolute atomic E-state index is 4.48. The monoisotopic (exact) mass is 245 g/mol. The molecule has 0 amide bonds. The molecule has 0 saturated heterocycles. The molecular formula is C16H11N3. The lowest BCUT2D eigenvalue weighted by molar-refractivity contribution is 1.27. The number of para-hydroxylation sites is 1. The van der Waals surface area contributed by atoms with Crippen molar-refractivity contribution in [3.8, 4) is 11.4 Å². The molecule has 1 aliphatic rings. The van der Waals surface area contributed by atoms with E-state index in [0.717, 1.165) is 22.6 Å². The number of aromatic nitrogens is 2. The van der Waals surface area contributed by atoms with Crippen molar-refractivity contribution in [3.05, 3.63) is 54.2 Å². The van der Waals surface area contributed by atoms with Gasteiger partial charge in [-0.05, 0) is 24.3 Å². The Labute approximate surface area is 110 Å². The van der Waals surface area contributed by atoms with Crippen LogP contribution in [0.1, 0.15) is 5.56 Å². The SMILES string of the molecule is C1=Nc2cccnc2-c2[nH]c3ccccc3c2/C=C\1. The van der Waals surface area contributed by atoms with E-state index >= 15 is 0 Å². The smallest absolute Gasteiger partial charge is 0.113 e. The Bertz CT molecular complexity index is 825. The molecule has 1 aromatic carbocycles. The van der Waals surface area contributed by atoms with Gasteiger partial charge in [-0.25, -0.2) is 0 Å². The summed E-state index contributed by atoms with van der Waals surface area (Å²) >= 11 is 0. The van der Waals surface area contributed by atoms with Crippen LogP contribution in [-0.4, -0.2) is 16.2 Å². The van der Waals surface area contributed by atoms with E-state index < -0.39 is 0 Å². The normalized spacial score (nSPS) is 14.5. The van der Waals surface area contributed by atoms with Gasteiger partial charge < -0.3 is 4.98 Å². The molecule has 1 N–H and O–H groups in total. The van der Waals surface area contributed by atoms with Gasteiger partial charge in [-0.1, -0.05) is 24.3 Å². The Balaban J connectivity index is 2.14. The predicted molar refractivity (Wildman–Crippen MR) is 78.7 cm³/mol. The van der Waals surface area contributed by atoms with Crippen molar-refractivity contribution < 1.29 is 0 Å². The number of hydrogen-bond acceptors (Lipinski definition) is 2. The molecule has 19 heavy (non-hydrogen) atoms. The fourth-order valence-electron chi connectivity index (χ4n) is 2.48. The van der Waals surface area contributed by atoms with Crippen molar-refractivity contribution in [3.63, 3.8) is 0 Å². The summed E-state index contributed by atoms with van der Waals surface area (Å²) in [5.41, 5.74) is 5.11. The predicted octanol–water partition coefficient (Wildman–Crippen LogP) is 3.96. The molecule has 3 heterocycles. The molecule has 0 unspecified atom stereocenters. The molecular weight excluding hydrogens is 234 g/mol. The third-order valence-corrected chi connectivity index (χ3v) is 3.33. The van der Waals surface area contributed by atoms with Crippen LogP contribution < -0.4 is 0 Å². The highest BCUT2D eigenvalue weighted by Gasteiger charge is 2.15. The number of pyridine rings is 1. The molecule has 3 heteroatoms. The Kier molecular flexibility index (Phi) is 2.12. The maximum atomic E-state index is 4.48. The number of nitrogens with one attached hydrogen (secondary N) is 1. The molecule has 2 aromatic heterocycles. The van der Waals surface area contributed by atoms with E-state index in [1.165, 1.54) is 10.9 Å². The molecule has 0 radical (unpaired) electrons. The standard InChI is InChI=1S/C16H11N3/c1-2-7-13-11(5-1)12-6-3-9-17-14-8-4-10-18-16(14)15(12)19-13/h1-10,19H/b6-3-,9-3?,12-6?,16-15?,17-9?,17-14?. The first-order valence-electron chi connectivity index (χ1n) is 6.20. The zero-order chi connectivity index (χ0) is 12.7. The Morgan fingerprint density at radius 2 is 1.95 bits per heavy atom. The van der Waals surface area contributed by atoms with Crippen molar-refractivity contribution in [1.29, 1.82) is 0 Å². The fraction of sp³-hybridized carbons (Fsp3) is 0. The van der Waals surface area contributed by atoms with Gasteiger partial charge in [0.05, 0.1) is 11.4 Å². The van der Waals surface area contributed by atoms with Crippen LogP contribution in [-0.2, 0) is 0 Å². The largest absolute Gasteiger partial charge is 0.353 e. The van der Waals surface area contributed by atoms with Gasteiger partial charge in [0, 0.05) is 28.9 Å². The number of allylic oxidation sites excluding steroid dienone is 1. The van der Waals surface area contributed by atoms with E-state index in [0.29, 0.717) is 0 Å². The van der Waals surface area contributed by atoms with Crippen LogP contribution in [0.3, 0.4) is 0 Å². The average Bonchev–Trinajstić information content (AvgIpc) is 2.79. The summed E-state index contributed by atoms with van der Waals surface area (Å²) < 4.78 is 0. The minimum absolute atomic E-state index is 0.889. The van der Waals surface area contributed by atoms with Crippen LogP contribution in [0.4, 0.5) is 5.69 Å². The third-order valence-electron chi connectivity index (χ3n) is 3.33. The summed E-state index contributed by atoms with van der Waals surface area (Å²) in [7, 11) is 0. The van der Waals surface area contributed by atoms with Crippen molar-refractivity contribution in [2.24, 2.45) is 4.99 Å². The number of hydrogen-bond donors (Lipinski definition) is 1. The molecule has 1 aliphatic heterocycles. The maximum Gasteiger partial charge on any atom is 0.113 e. The Morgan fingerprint density at radius 3 is 2.95 bits per heavy atom. The van der Waals surface area contributed by atoms with Gasteiger partial charge in [0.2, 0.25) is 0 Å². The van der Waals surface area contributed by atoms with E-state index in [-0.39, 0.29) is 0 Å². The first-order chi connectivity index (χ1) is 9.43. The minimum Gasteiger partial charge on any atom is -0.353 e. The topological polar surface area (TPSA) is 41.0 Å². The fourth-order valence-corrected chi connectivity index (χ4v) is 2.48. The van der Waals surface area contributed by atoms with E-state index in [1.807, 2.05) is 30.5 Å². The molecule has 3 aromatic rings. The van der Waals surface area contributed by atoms with E-state index in [1.54, 1.807) is 6.20 Å². The van der Waals surface area contributed by atoms with Crippen molar-refractivity contribution in [2.45, 2.75) is 0 Å². The van der Waals surface area contributed by atoms with Crippen LogP contribution in [0, 0.1) is 0 Å². The van der Waals surface area contributed by atoms with E-state index in [4.69, 9.17) is 0 Å². The lowest BCUT2D eigenvalue weighted by atomic mass is 10.1. The second-order valence-electron chi connectivity index (χ2n) is 4.47. The highest BCUT2D eigenvalue weighted by Crippen LogP contribution is 2.35. The number of aromatic amines is 1. The lowest BCUT2D eigenvalue weighted by Crippen LogP contribution is -1.88. The summed E-state index contributed by atoms with van der Waals surface area (Å²) in [5.74, 6) is 0. The van der Waals surface area contributed by atoms with Crippen molar-refractivity contribution in [2.75, 3.05) is 0 Å². The minimum atomic E-state index is 0.889. The summed E-state index contributed by atoms with van der Waals surface area (Å²) in [4.78, 5) is 12.4. The first kappa shape index (κ1) is 10.3. The van der Waals surface area contributed by atoms with Crippen LogP contribution >= 0.6 is 0 Å². The number of H-pyrrole nitrogens is 1. The lowest BCUT2D eigenvalue weighted by Gasteiger charge is -2.05. The van der Waals surface area contributed by atoms with Gasteiger partial charge in [0.25, 0.3) is 0 Å². The number of benzene rings is 1. The van der Waals surface area contributed by atoms with Crippen LogP contribution in [0.25, 0.3) is 28.4 Å². The number of rotatable bonds is 0. The number of fused-ring (bicyclic) bond motifs is 5. The third kappa shape index (κ3) is 1.52. The second-order valence-corrected chi connectivity index (χ2v) is 4.47. The highest BCUT2D eigenvalue weighted by atomic mass is 14.8. The van der Waals surface area contributed by atoms with Gasteiger partial charge in [0.15, 0.2) is 0 Å². The van der Waals surface area contributed by atoms with Crippen molar-refractivity contribution in [1.82, 2.24) is 9.97 Å². The molecule has 0 saturated carbocycles. The Morgan fingerprint density at radius 1 is 1.00 bits per heavy atom. The average molecular weight is 245 g/mol. The first-order valence-corrected chi connectivity index (χ1v) is 6.20. The molecule has 0 bridgehead atoms. The van der Waals surface area contributed by atoms with Crippen LogP contribution in [0.15, 0.2) is 53.7 Å². The highest BCUT2D eigenvalue weighted by molar-refractivity contribution is 6.00. The number of nitrogens with zero attached hydrogens (tertiary/aromatic N) is 2. The number of aliphatic imine (C=N–C) groups is 1. The van der Waals surface area contributed by atoms with Gasteiger partial charge in [-0.3, -0.25) is 9.98 Å². The summed E-state index contributed by atoms with van der Waals surface area (Å²) in [6, 6.07) is 12.2. The van der Waals surface area contributed by atoms with Crippen molar-refractivity contribution >= 4 is 28.9 Å². The van der Waals surface area contributed by atoms with Crippen LogP contribution in [0.2, 0.25) is 0 Å². The van der Waals surface area contributed by atoms with E-state index in [9.17, 15) is 0 Å². The molecule has 90 valence electrons. The van der Waals surface area contributed by atoms with Gasteiger partial charge in [-0.15, -0.1) is 0 Å². The van der Waals surface area contributed by atoms with Gasteiger partial charge >= 0.3 is 0 Å². The zero-order valence-corrected chi connectivity index (χ0v) is 10.2. The van der Waals surface area contributed by atoms with Gasteiger partial charge in [0.1, 0.15) is 5.69 Å². The molecule has 0 atom stereocenters. The van der Waals surface area contributed by atoms with Gasteiger partial charge in [-0.2, -0.15) is 0 Å². The zero-order valence-electron chi connectivity index (χ0n) is 10.2. The molecule has 0 aliphatic carbocycles. The second kappa shape index (κ2) is 3.92. The molecule has 4 rings (SSSR count). The molecule has 3 nitrogen and oxygen atoms in total. The van der Waals surface area contributed by atoms with E-state index in [2.05, 4.69) is 39.2 Å². The summed E-state index contributed by atoms with van der Waals surface area (Å²) in [6.07, 6.45) is 7.66.